The van der Waals surface area contributed by atoms with Gasteiger partial charge in [0.1, 0.15) is 0 Å². The van der Waals surface area contributed by atoms with E-state index >= 15 is 0 Å². The zero-order valence-electron chi connectivity index (χ0n) is 15.1. The molecule has 0 spiro atoms. The number of hydrogen-bond acceptors (Lipinski definition) is 1. The maximum absolute atomic E-state index is 10.8. The van der Waals surface area contributed by atoms with E-state index in [1.54, 1.807) is 0 Å². The maximum atomic E-state index is 10.8. The summed E-state index contributed by atoms with van der Waals surface area (Å²) in [6.07, 6.45) is 4.30. The fourth-order valence-corrected chi connectivity index (χ4v) is 9.11. The molecule has 0 aromatic heterocycles. The molecule has 0 amide bonds. The van der Waals surface area contributed by atoms with Gasteiger partial charge in [0.05, 0.1) is 0 Å². The molecule has 0 unspecified atom stereocenters. The van der Waals surface area contributed by atoms with Crippen molar-refractivity contribution in [1.29, 1.82) is 0 Å². The minimum atomic E-state index is -1.71. The molecule has 126 valence electrons. The molecule has 0 saturated carbocycles. The summed E-state index contributed by atoms with van der Waals surface area (Å²) >= 11 is -1.71. The Morgan fingerprint density at radius 2 is 1.54 bits per heavy atom. The molecular formula is C22H28GeO. The Morgan fingerprint density at radius 3 is 2.12 bits per heavy atom. The molecule has 24 heavy (non-hydrogen) atoms. The van der Waals surface area contributed by atoms with Crippen molar-refractivity contribution in [1.82, 2.24) is 0 Å². The SMILES string of the molecule is C[CH2][Ge](/[CH]=C/Cc1cccc(-c2ccc(C=O)cc2)c1)([CH2]C)[CH2]C. The van der Waals surface area contributed by atoms with E-state index in [-0.39, 0.29) is 0 Å². The molecule has 0 fully saturated rings. The van der Waals surface area contributed by atoms with Crippen molar-refractivity contribution in [3.63, 3.8) is 0 Å². The van der Waals surface area contributed by atoms with Gasteiger partial charge in [0.15, 0.2) is 0 Å². The zero-order chi connectivity index (χ0) is 17.4. The van der Waals surface area contributed by atoms with Crippen molar-refractivity contribution in [3.8, 4) is 11.1 Å². The second-order valence-corrected chi connectivity index (χ2v) is 17.3. The van der Waals surface area contributed by atoms with Crippen LogP contribution in [0.25, 0.3) is 11.1 Å². The van der Waals surface area contributed by atoms with Gasteiger partial charge in [-0.1, -0.05) is 0 Å². The van der Waals surface area contributed by atoms with Crippen LogP contribution in [0.1, 0.15) is 36.7 Å². The van der Waals surface area contributed by atoms with Crippen molar-refractivity contribution in [2.24, 2.45) is 0 Å². The number of allylic oxidation sites excluding steroid dienone is 1. The standard InChI is InChI=1S/C22H28GeO/c1-4-23(5-2,6-3)16-8-10-19-9-7-11-22(17-19)21-14-12-20(18-24)13-15-21/h7-9,11-18H,4-6,10H2,1-3H3/b16-8+. The fourth-order valence-electron chi connectivity index (χ4n) is 3.18. The molecule has 2 rings (SSSR count). The van der Waals surface area contributed by atoms with Crippen LogP contribution in [0.5, 0.6) is 0 Å². The molecule has 0 radical (unpaired) electrons. The molecule has 0 heterocycles. The van der Waals surface area contributed by atoms with Crippen LogP contribution in [0.2, 0.25) is 15.8 Å². The molecule has 2 aromatic carbocycles. The summed E-state index contributed by atoms with van der Waals surface area (Å²) in [4.78, 5) is 13.4. The Balaban J connectivity index is 2.14. The topological polar surface area (TPSA) is 17.1 Å². The first-order valence-corrected chi connectivity index (χ1v) is 14.6. The Morgan fingerprint density at radius 1 is 0.875 bits per heavy atom. The Hall–Kier alpha value is -1.61. The first-order chi connectivity index (χ1) is 11.7. The van der Waals surface area contributed by atoms with E-state index in [2.05, 4.69) is 56.0 Å². The first-order valence-electron chi connectivity index (χ1n) is 8.98. The van der Waals surface area contributed by atoms with Crippen LogP contribution in [0, 0.1) is 0 Å². The molecule has 2 aromatic rings. The Bertz CT molecular complexity index is 673. The summed E-state index contributed by atoms with van der Waals surface area (Å²) in [5.74, 6) is 0. The van der Waals surface area contributed by atoms with Crippen LogP contribution in [-0.2, 0) is 6.42 Å². The van der Waals surface area contributed by atoms with E-state index in [9.17, 15) is 4.79 Å². The second kappa shape index (κ2) is 9.03. The molecule has 0 N–H and O–H groups in total. The third-order valence-corrected chi connectivity index (χ3v) is 16.1. The molecule has 0 saturated heterocycles. The van der Waals surface area contributed by atoms with Gasteiger partial charge in [-0.15, -0.1) is 0 Å². The molecule has 0 atom stereocenters. The summed E-state index contributed by atoms with van der Waals surface area (Å²) < 4.78 is 0. The predicted octanol–water partition coefficient (Wildman–Crippen LogP) is 6.31. The van der Waals surface area contributed by atoms with E-state index in [0.717, 1.165) is 23.8 Å². The number of rotatable bonds is 8. The number of carbonyl (C=O) groups excluding carboxylic acids is 1. The third-order valence-electron chi connectivity index (χ3n) is 5.24. The molecule has 2 heteroatoms. The number of aldehydes is 1. The van der Waals surface area contributed by atoms with Crippen LogP contribution >= 0.6 is 0 Å². The monoisotopic (exact) mass is 382 g/mol. The number of benzene rings is 2. The summed E-state index contributed by atoms with van der Waals surface area (Å²) in [7, 11) is 0. The molecule has 0 aliphatic rings. The van der Waals surface area contributed by atoms with Gasteiger partial charge in [0.2, 0.25) is 0 Å². The van der Waals surface area contributed by atoms with Gasteiger partial charge in [0.25, 0.3) is 0 Å². The molecule has 0 aliphatic heterocycles. The van der Waals surface area contributed by atoms with Crippen molar-refractivity contribution in [2.75, 3.05) is 0 Å². The predicted molar refractivity (Wildman–Crippen MR) is 107 cm³/mol. The van der Waals surface area contributed by atoms with Gasteiger partial charge < -0.3 is 0 Å². The van der Waals surface area contributed by atoms with Crippen molar-refractivity contribution >= 4 is 19.6 Å². The zero-order valence-corrected chi connectivity index (χ0v) is 17.2. The van der Waals surface area contributed by atoms with E-state index in [1.165, 1.54) is 26.9 Å². The van der Waals surface area contributed by atoms with Gasteiger partial charge >= 0.3 is 149 Å². The van der Waals surface area contributed by atoms with Crippen LogP contribution in [0.4, 0.5) is 0 Å². The van der Waals surface area contributed by atoms with E-state index in [4.69, 9.17) is 0 Å². The van der Waals surface area contributed by atoms with E-state index in [0.29, 0.717) is 0 Å². The van der Waals surface area contributed by atoms with Gasteiger partial charge in [-0.2, -0.15) is 0 Å². The third kappa shape index (κ3) is 4.70. The number of carbonyl (C=O) groups is 1. The van der Waals surface area contributed by atoms with Crippen molar-refractivity contribution in [3.05, 3.63) is 70.6 Å². The van der Waals surface area contributed by atoms with Gasteiger partial charge in [0, 0.05) is 0 Å². The van der Waals surface area contributed by atoms with Crippen LogP contribution in [-0.4, -0.2) is 19.6 Å². The average Bonchev–Trinajstić information content (AvgIpc) is 2.66. The Labute approximate surface area is 149 Å². The Kier molecular flexibility index (Phi) is 7.04. The van der Waals surface area contributed by atoms with Gasteiger partial charge in [-0.05, 0) is 0 Å². The van der Waals surface area contributed by atoms with Crippen LogP contribution in [0.3, 0.4) is 0 Å². The summed E-state index contributed by atoms with van der Waals surface area (Å²) in [6.45, 7) is 7.09. The molecule has 0 aliphatic carbocycles. The van der Waals surface area contributed by atoms with Crippen LogP contribution in [0.15, 0.2) is 59.5 Å². The van der Waals surface area contributed by atoms with Gasteiger partial charge in [-0.25, -0.2) is 0 Å². The van der Waals surface area contributed by atoms with Crippen LogP contribution < -0.4 is 0 Å². The second-order valence-electron chi connectivity index (χ2n) is 6.47. The average molecular weight is 381 g/mol. The van der Waals surface area contributed by atoms with Gasteiger partial charge in [-0.3, -0.25) is 0 Å². The summed E-state index contributed by atoms with van der Waals surface area (Å²) in [6, 6.07) is 16.5. The quantitative estimate of drug-likeness (QED) is 0.387. The molecule has 1 nitrogen and oxygen atoms in total. The normalized spacial score (nSPS) is 11.8. The van der Waals surface area contributed by atoms with Crippen molar-refractivity contribution in [2.45, 2.75) is 43.0 Å². The molecular weight excluding hydrogens is 353 g/mol. The first kappa shape index (κ1) is 18.7. The van der Waals surface area contributed by atoms with Crippen molar-refractivity contribution < 1.29 is 4.79 Å². The number of hydrogen-bond donors (Lipinski definition) is 0. The summed E-state index contributed by atoms with van der Waals surface area (Å²) in [5, 5.41) is 4.14. The molecule has 0 bridgehead atoms. The fraction of sp³-hybridized carbons (Fsp3) is 0.318. The minimum absolute atomic E-state index is 0.722. The van der Waals surface area contributed by atoms with E-state index < -0.39 is 13.3 Å². The summed E-state index contributed by atoms with van der Waals surface area (Å²) in [5.41, 5.74) is 4.45. The van der Waals surface area contributed by atoms with E-state index in [1.807, 2.05) is 24.3 Å².